The molecule has 0 aliphatic heterocycles. The number of carbonyl (C=O) groups is 2. The second-order valence-electron chi connectivity index (χ2n) is 5.54. The molecule has 3 aromatic heterocycles. The van der Waals surface area contributed by atoms with E-state index in [-0.39, 0.29) is 18.9 Å². The molecule has 9 heteroatoms. The Balaban J connectivity index is 1.63. The Morgan fingerprint density at radius 3 is 2.84 bits per heavy atom. The van der Waals surface area contributed by atoms with Gasteiger partial charge in [-0.05, 0) is 41.8 Å². The van der Waals surface area contributed by atoms with Crippen molar-refractivity contribution in [3.8, 4) is 0 Å². The fraction of sp³-hybridized carbons (Fsp3) is 0.312. The third-order valence-electron chi connectivity index (χ3n) is 3.81. The van der Waals surface area contributed by atoms with Gasteiger partial charge < -0.3 is 9.30 Å². The summed E-state index contributed by atoms with van der Waals surface area (Å²) in [6.45, 7) is 4.15. The van der Waals surface area contributed by atoms with Crippen molar-refractivity contribution in [2.75, 3.05) is 6.61 Å². The molecular formula is C16H17N5O3S. The maximum Gasteiger partial charge on any atom is 0.328 e. The summed E-state index contributed by atoms with van der Waals surface area (Å²) in [6.07, 6.45) is 1.31. The van der Waals surface area contributed by atoms with Gasteiger partial charge in [-0.3, -0.25) is 9.59 Å². The van der Waals surface area contributed by atoms with Crippen LogP contribution in [0.4, 0.5) is 0 Å². The summed E-state index contributed by atoms with van der Waals surface area (Å²) in [6, 6.07) is 5.90. The quantitative estimate of drug-likeness (QED) is 0.470. The Hall–Kier alpha value is -2.81. The second-order valence-corrected chi connectivity index (χ2v) is 6.57. The summed E-state index contributed by atoms with van der Waals surface area (Å²) >= 11 is 1.68. The Bertz CT molecular complexity index is 868. The molecule has 25 heavy (non-hydrogen) atoms. The first-order valence-electron chi connectivity index (χ1n) is 7.63. The molecule has 0 bridgehead atoms. The summed E-state index contributed by atoms with van der Waals surface area (Å²) in [4.78, 5) is 25.3. The van der Waals surface area contributed by atoms with Gasteiger partial charge in [-0.25, -0.2) is 4.68 Å². The lowest BCUT2D eigenvalue weighted by molar-refractivity contribution is -0.143. The van der Waals surface area contributed by atoms with Gasteiger partial charge in [0.2, 0.25) is 5.78 Å². The minimum Gasteiger partial charge on any atom is -0.456 e. The highest BCUT2D eigenvalue weighted by Gasteiger charge is 2.18. The van der Waals surface area contributed by atoms with Gasteiger partial charge in [0.15, 0.2) is 6.61 Å². The minimum absolute atomic E-state index is 0.127. The Morgan fingerprint density at radius 2 is 2.16 bits per heavy atom. The van der Waals surface area contributed by atoms with E-state index in [1.807, 2.05) is 31.4 Å². The van der Waals surface area contributed by atoms with E-state index < -0.39 is 5.97 Å². The van der Waals surface area contributed by atoms with E-state index in [0.717, 1.165) is 17.9 Å². The average Bonchev–Trinajstić information content (AvgIpc) is 3.32. The zero-order valence-corrected chi connectivity index (χ0v) is 14.7. The van der Waals surface area contributed by atoms with Crippen LogP contribution in [0.5, 0.6) is 0 Å². The van der Waals surface area contributed by atoms with Crippen molar-refractivity contribution in [2.24, 2.45) is 0 Å². The summed E-state index contributed by atoms with van der Waals surface area (Å²) in [5.41, 5.74) is 2.44. The number of aromatic nitrogens is 5. The van der Waals surface area contributed by atoms with E-state index in [1.54, 1.807) is 11.3 Å². The minimum atomic E-state index is -0.562. The molecule has 0 atom stereocenters. The van der Waals surface area contributed by atoms with Crippen LogP contribution in [0.25, 0.3) is 0 Å². The van der Waals surface area contributed by atoms with Crippen LogP contribution >= 0.6 is 11.3 Å². The maximum atomic E-state index is 12.4. The smallest absolute Gasteiger partial charge is 0.328 e. The predicted octanol–water partition coefficient (Wildman–Crippen LogP) is 1.63. The number of thiophene rings is 1. The van der Waals surface area contributed by atoms with E-state index in [4.69, 9.17) is 4.74 Å². The molecule has 0 spiro atoms. The number of esters is 1. The molecule has 0 amide bonds. The van der Waals surface area contributed by atoms with Gasteiger partial charge in [0.25, 0.3) is 0 Å². The van der Waals surface area contributed by atoms with Crippen LogP contribution in [0.15, 0.2) is 29.9 Å². The summed E-state index contributed by atoms with van der Waals surface area (Å²) in [7, 11) is 0. The number of carbonyl (C=O) groups excluding carboxylic acids is 2. The number of tetrazole rings is 1. The molecule has 0 saturated heterocycles. The topological polar surface area (TPSA) is 91.9 Å². The lowest BCUT2D eigenvalue weighted by Gasteiger charge is -2.08. The van der Waals surface area contributed by atoms with Gasteiger partial charge in [-0.15, -0.1) is 16.4 Å². The summed E-state index contributed by atoms with van der Waals surface area (Å²) in [5, 5.41) is 12.5. The third kappa shape index (κ3) is 4.00. The van der Waals surface area contributed by atoms with Crippen molar-refractivity contribution in [1.29, 1.82) is 0 Å². The molecule has 3 aromatic rings. The number of hydrogen-bond acceptors (Lipinski definition) is 7. The van der Waals surface area contributed by atoms with E-state index in [2.05, 4.69) is 26.2 Å². The van der Waals surface area contributed by atoms with Crippen LogP contribution in [-0.4, -0.2) is 43.1 Å². The van der Waals surface area contributed by atoms with Crippen LogP contribution in [-0.2, 0) is 22.6 Å². The van der Waals surface area contributed by atoms with Gasteiger partial charge in [0.1, 0.15) is 12.9 Å². The fourth-order valence-electron chi connectivity index (χ4n) is 2.54. The van der Waals surface area contributed by atoms with Crippen molar-refractivity contribution in [1.82, 2.24) is 24.8 Å². The van der Waals surface area contributed by atoms with Gasteiger partial charge in [0.05, 0.1) is 6.54 Å². The molecule has 0 aromatic carbocycles. The molecule has 0 fully saturated rings. The number of ketones is 1. The predicted molar refractivity (Wildman–Crippen MR) is 90.4 cm³/mol. The highest BCUT2D eigenvalue weighted by Crippen LogP contribution is 2.19. The zero-order chi connectivity index (χ0) is 17.8. The molecule has 0 radical (unpaired) electrons. The fourth-order valence-corrected chi connectivity index (χ4v) is 3.23. The highest BCUT2D eigenvalue weighted by atomic mass is 32.1. The Labute approximate surface area is 148 Å². The second kappa shape index (κ2) is 7.39. The lowest BCUT2D eigenvalue weighted by atomic mass is 10.1. The first kappa shape index (κ1) is 17.0. The number of hydrogen-bond donors (Lipinski definition) is 0. The van der Waals surface area contributed by atoms with Crippen molar-refractivity contribution < 1.29 is 14.3 Å². The number of nitrogens with zero attached hydrogens (tertiary/aromatic N) is 5. The molecule has 8 nitrogen and oxygen atoms in total. The monoisotopic (exact) mass is 359 g/mol. The molecule has 3 heterocycles. The van der Waals surface area contributed by atoms with Crippen molar-refractivity contribution in [3.63, 3.8) is 0 Å². The third-order valence-corrected chi connectivity index (χ3v) is 4.68. The maximum absolute atomic E-state index is 12.4. The first-order chi connectivity index (χ1) is 12.0. The molecule has 130 valence electrons. The standard InChI is InChI=1S/C16H17N5O3S/c1-11-6-14(12(2)21(11)7-13-4-3-5-25-13)15(22)9-24-16(23)8-20-10-17-18-19-20/h3-6,10H,7-9H2,1-2H3. The summed E-state index contributed by atoms with van der Waals surface area (Å²) in [5.74, 6) is -0.788. The zero-order valence-electron chi connectivity index (χ0n) is 13.9. The Morgan fingerprint density at radius 1 is 1.32 bits per heavy atom. The average molecular weight is 359 g/mol. The van der Waals surface area contributed by atoms with E-state index in [0.29, 0.717) is 5.56 Å². The summed E-state index contributed by atoms with van der Waals surface area (Å²) < 4.78 is 8.35. The molecule has 3 rings (SSSR count). The number of Topliss-reactive ketones (excluding diaryl/α,β-unsaturated/α-hetero) is 1. The van der Waals surface area contributed by atoms with Gasteiger partial charge in [-0.2, -0.15) is 0 Å². The first-order valence-corrected chi connectivity index (χ1v) is 8.51. The van der Waals surface area contributed by atoms with Crippen LogP contribution in [0, 0.1) is 13.8 Å². The number of aryl methyl sites for hydroxylation is 1. The number of rotatable bonds is 7. The SMILES string of the molecule is Cc1cc(C(=O)COC(=O)Cn2cnnn2)c(C)n1Cc1cccs1. The van der Waals surface area contributed by atoms with Crippen molar-refractivity contribution >= 4 is 23.1 Å². The number of ether oxygens (including phenoxy) is 1. The van der Waals surface area contributed by atoms with Gasteiger partial charge in [-0.1, -0.05) is 6.07 Å². The Kier molecular flexibility index (Phi) is 5.03. The van der Waals surface area contributed by atoms with Crippen LogP contribution in [0.2, 0.25) is 0 Å². The van der Waals surface area contributed by atoms with Crippen molar-refractivity contribution in [2.45, 2.75) is 26.9 Å². The van der Waals surface area contributed by atoms with E-state index >= 15 is 0 Å². The molecular weight excluding hydrogens is 342 g/mol. The van der Waals surface area contributed by atoms with Crippen LogP contribution in [0.1, 0.15) is 26.6 Å². The largest absolute Gasteiger partial charge is 0.456 e. The van der Waals surface area contributed by atoms with E-state index in [1.165, 1.54) is 15.9 Å². The van der Waals surface area contributed by atoms with Gasteiger partial charge >= 0.3 is 5.97 Å². The van der Waals surface area contributed by atoms with Crippen LogP contribution in [0.3, 0.4) is 0 Å². The normalized spacial score (nSPS) is 10.8. The van der Waals surface area contributed by atoms with E-state index in [9.17, 15) is 9.59 Å². The van der Waals surface area contributed by atoms with Crippen LogP contribution < -0.4 is 0 Å². The molecule has 0 N–H and O–H groups in total. The lowest BCUT2D eigenvalue weighted by Crippen LogP contribution is -2.19. The van der Waals surface area contributed by atoms with Crippen molar-refractivity contribution in [3.05, 3.63) is 51.7 Å². The molecule has 0 aliphatic carbocycles. The molecule has 0 saturated carbocycles. The van der Waals surface area contributed by atoms with Gasteiger partial charge in [0, 0.05) is 21.8 Å². The molecule has 0 unspecified atom stereocenters. The molecule has 0 aliphatic rings. The highest BCUT2D eigenvalue weighted by molar-refractivity contribution is 7.09.